The molecular formula is C14H21BrN4O. The number of aliphatic imine (C=N–C) groups is 1. The highest BCUT2D eigenvalue weighted by Crippen LogP contribution is 2.05. The Kier molecular flexibility index (Phi) is 7.08. The molecule has 1 heterocycles. The van der Waals surface area contributed by atoms with Crippen LogP contribution in [0.2, 0.25) is 0 Å². The molecule has 1 amide bonds. The molecule has 0 bridgehead atoms. The van der Waals surface area contributed by atoms with Crippen molar-refractivity contribution in [1.29, 1.82) is 0 Å². The van der Waals surface area contributed by atoms with Gasteiger partial charge in [0.15, 0.2) is 5.96 Å². The molecule has 1 aliphatic rings. The van der Waals surface area contributed by atoms with Gasteiger partial charge in [-0.15, -0.1) is 17.0 Å². The normalized spacial score (nSPS) is 14.3. The minimum absolute atomic E-state index is 0. The molecule has 5 nitrogen and oxygen atoms in total. The van der Waals surface area contributed by atoms with Crippen LogP contribution in [0.4, 0.5) is 0 Å². The van der Waals surface area contributed by atoms with E-state index < -0.39 is 0 Å². The van der Waals surface area contributed by atoms with Crippen molar-refractivity contribution in [3.63, 3.8) is 0 Å². The Morgan fingerprint density at radius 3 is 3.05 bits per heavy atom. The number of carbonyl (C=O) groups is 1. The lowest BCUT2D eigenvalue weighted by atomic mass is 10.1. The van der Waals surface area contributed by atoms with Crippen LogP contribution in [-0.4, -0.2) is 31.5 Å². The van der Waals surface area contributed by atoms with Crippen LogP contribution in [-0.2, 0) is 6.42 Å². The largest absolute Gasteiger partial charge is 0.366 e. The van der Waals surface area contributed by atoms with E-state index in [1.807, 2.05) is 18.2 Å². The molecule has 110 valence electrons. The van der Waals surface area contributed by atoms with Gasteiger partial charge in [-0.05, 0) is 37.0 Å². The van der Waals surface area contributed by atoms with Crippen molar-refractivity contribution >= 4 is 28.8 Å². The fourth-order valence-corrected chi connectivity index (χ4v) is 2.01. The summed E-state index contributed by atoms with van der Waals surface area (Å²) >= 11 is 0. The second-order valence-electron chi connectivity index (χ2n) is 4.61. The summed E-state index contributed by atoms with van der Waals surface area (Å²) in [5.74, 6) is 0.494. The Balaban J connectivity index is 0.00000200. The maximum absolute atomic E-state index is 11.1. The van der Waals surface area contributed by atoms with E-state index in [1.165, 1.54) is 0 Å². The van der Waals surface area contributed by atoms with Gasteiger partial charge in [0.1, 0.15) is 0 Å². The zero-order valence-corrected chi connectivity index (χ0v) is 13.1. The van der Waals surface area contributed by atoms with Crippen LogP contribution in [0, 0.1) is 0 Å². The fraction of sp³-hybridized carbons (Fsp3) is 0.429. The van der Waals surface area contributed by atoms with E-state index in [0.717, 1.165) is 50.4 Å². The number of nitrogens with one attached hydrogen (secondary N) is 2. The van der Waals surface area contributed by atoms with Gasteiger partial charge in [-0.2, -0.15) is 0 Å². The van der Waals surface area contributed by atoms with Gasteiger partial charge in [0.25, 0.3) is 0 Å². The Bertz CT molecular complexity index is 476. The predicted molar refractivity (Wildman–Crippen MR) is 86.5 cm³/mol. The number of amides is 1. The third kappa shape index (κ3) is 5.21. The number of halogens is 1. The maximum atomic E-state index is 11.1. The van der Waals surface area contributed by atoms with Crippen LogP contribution in [0.1, 0.15) is 28.8 Å². The number of benzene rings is 1. The summed E-state index contributed by atoms with van der Waals surface area (Å²) in [6.45, 7) is 2.64. The Morgan fingerprint density at radius 2 is 2.25 bits per heavy atom. The summed E-state index contributed by atoms with van der Waals surface area (Å²) in [6, 6.07) is 7.43. The summed E-state index contributed by atoms with van der Waals surface area (Å²) in [5, 5.41) is 6.54. The van der Waals surface area contributed by atoms with Crippen LogP contribution < -0.4 is 16.4 Å². The number of rotatable bonds is 4. The van der Waals surface area contributed by atoms with Crippen molar-refractivity contribution in [1.82, 2.24) is 10.6 Å². The first-order valence-corrected chi connectivity index (χ1v) is 6.66. The van der Waals surface area contributed by atoms with Crippen LogP contribution >= 0.6 is 17.0 Å². The molecule has 6 heteroatoms. The first-order chi connectivity index (χ1) is 9.25. The topological polar surface area (TPSA) is 79.5 Å². The molecule has 0 saturated heterocycles. The van der Waals surface area contributed by atoms with E-state index in [2.05, 4.69) is 15.6 Å². The number of hydrogen-bond acceptors (Lipinski definition) is 4. The zero-order chi connectivity index (χ0) is 13.5. The van der Waals surface area contributed by atoms with Crippen molar-refractivity contribution in [2.75, 3.05) is 19.6 Å². The van der Waals surface area contributed by atoms with Crippen molar-refractivity contribution in [3.05, 3.63) is 35.4 Å². The summed E-state index contributed by atoms with van der Waals surface area (Å²) in [7, 11) is 0. The monoisotopic (exact) mass is 340 g/mol. The molecule has 0 saturated carbocycles. The summed E-state index contributed by atoms with van der Waals surface area (Å²) in [4.78, 5) is 15.5. The van der Waals surface area contributed by atoms with Gasteiger partial charge in [0, 0.05) is 25.2 Å². The summed E-state index contributed by atoms with van der Waals surface area (Å²) in [5.41, 5.74) is 6.92. The van der Waals surface area contributed by atoms with Gasteiger partial charge in [-0.3, -0.25) is 9.79 Å². The van der Waals surface area contributed by atoms with Crippen LogP contribution in [0.15, 0.2) is 29.3 Å². The standard InChI is InChI=1S/C14H20N4O.BrH/c15-13(19)12-5-3-4-11(10-12)6-9-18-14-16-7-1-2-8-17-14;/h3-5,10H,1-2,6-9H2,(H2,15,19)(H2,16,17,18);1H. The molecule has 0 fully saturated rings. The smallest absolute Gasteiger partial charge is 0.248 e. The van der Waals surface area contributed by atoms with Gasteiger partial charge < -0.3 is 16.4 Å². The highest BCUT2D eigenvalue weighted by molar-refractivity contribution is 8.93. The molecule has 0 atom stereocenters. The van der Waals surface area contributed by atoms with Crippen molar-refractivity contribution < 1.29 is 4.79 Å². The third-order valence-electron chi connectivity index (χ3n) is 3.06. The van der Waals surface area contributed by atoms with E-state index in [1.54, 1.807) is 6.07 Å². The van der Waals surface area contributed by atoms with Crippen LogP contribution in [0.5, 0.6) is 0 Å². The highest BCUT2D eigenvalue weighted by atomic mass is 79.9. The highest BCUT2D eigenvalue weighted by Gasteiger charge is 2.03. The number of carbonyl (C=O) groups excluding carboxylic acids is 1. The van der Waals surface area contributed by atoms with E-state index in [9.17, 15) is 4.79 Å². The van der Waals surface area contributed by atoms with Gasteiger partial charge in [0.2, 0.25) is 5.91 Å². The van der Waals surface area contributed by atoms with Crippen molar-refractivity contribution in [3.8, 4) is 0 Å². The van der Waals surface area contributed by atoms with E-state index in [4.69, 9.17) is 5.73 Å². The number of nitrogens with zero attached hydrogens (tertiary/aromatic N) is 1. The van der Waals surface area contributed by atoms with E-state index in [0.29, 0.717) is 5.56 Å². The Hall–Kier alpha value is -1.56. The molecule has 20 heavy (non-hydrogen) atoms. The molecule has 4 N–H and O–H groups in total. The zero-order valence-electron chi connectivity index (χ0n) is 11.4. The molecule has 0 aromatic heterocycles. The predicted octanol–water partition coefficient (Wildman–Crippen LogP) is 1.23. The van der Waals surface area contributed by atoms with Gasteiger partial charge in [0.05, 0.1) is 0 Å². The Labute approximate surface area is 129 Å². The average molecular weight is 341 g/mol. The molecule has 0 spiro atoms. The number of nitrogens with two attached hydrogens (primary N) is 1. The molecule has 0 unspecified atom stereocenters. The molecule has 0 aliphatic carbocycles. The quantitative estimate of drug-likeness (QED) is 0.771. The second-order valence-corrected chi connectivity index (χ2v) is 4.61. The third-order valence-corrected chi connectivity index (χ3v) is 3.06. The number of guanidine groups is 1. The minimum Gasteiger partial charge on any atom is -0.366 e. The lowest BCUT2D eigenvalue weighted by Crippen LogP contribution is -2.38. The van der Waals surface area contributed by atoms with Crippen molar-refractivity contribution in [2.45, 2.75) is 19.3 Å². The molecule has 0 radical (unpaired) electrons. The van der Waals surface area contributed by atoms with Gasteiger partial charge >= 0.3 is 0 Å². The van der Waals surface area contributed by atoms with E-state index >= 15 is 0 Å². The Morgan fingerprint density at radius 1 is 1.40 bits per heavy atom. The van der Waals surface area contributed by atoms with E-state index in [-0.39, 0.29) is 22.9 Å². The van der Waals surface area contributed by atoms with Gasteiger partial charge in [-0.25, -0.2) is 0 Å². The molecule has 1 aromatic carbocycles. The molecule has 1 aliphatic heterocycles. The maximum Gasteiger partial charge on any atom is 0.248 e. The summed E-state index contributed by atoms with van der Waals surface area (Å²) in [6.07, 6.45) is 3.13. The first kappa shape index (κ1) is 16.5. The average Bonchev–Trinajstić information content (AvgIpc) is 2.68. The second kappa shape index (κ2) is 8.58. The SMILES string of the molecule is Br.NC(=O)c1cccc(CCNC2=NCCCCN2)c1. The number of hydrogen-bond donors (Lipinski definition) is 3. The molecular weight excluding hydrogens is 320 g/mol. The lowest BCUT2D eigenvalue weighted by Gasteiger charge is -2.10. The number of primary amides is 1. The minimum atomic E-state index is -0.385. The fourth-order valence-electron chi connectivity index (χ4n) is 2.01. The molecule has 1 aromatic rings. The van der Waals surface area contributed by atoms with Crippen LogP contribution in [0.25, 0.3) is 0 Å². The first-order valence-electron chi connectivity index (χ1n) is 6.66. The lowest BCUT2D eigenvalue weighted by molar-refractivity contribution is 0.1000. The van der Waals surface area contributed by atoms with Crippen molar-refractivity contribution in [2.24, 2.45) is 10.7 Å². The summed E-state index contributed by atoms with van der Waals surface area (Å²) < 4.78 is 0. The van der Waals surface area contributed by atoms with Gasteiger partial charge in [-0.1, -0.05) is 12.1 Å². The molecule has 2 rings (SSSR count). The van der Waals surface area contributed by atoms with Crippen LogP contribution in [0.3, 0.4) is 0 Å².